The molecular formula is C21H21N3O3. The van der Waals surface area contributed by atoms with Crippen LogP contribution in [0.5, 0.6) is 5.75 Å². The molecule has 1 atom stereocenters. The van der Waals surface area contributed by atoms with Gasteiger partial charge >= 0.3 is 0 Å². The fourth-order valence-electron chi connectivity index (χ4n) is 3.47. The van der Waals surface area contributed by atoms with Crippen molar-refractivity contribution >= 4 is 11.5 Å². The van der Waals surface area contributed by atoms with Crippen molar-refractivity contribution < 1.29 is 14.3 Å². The predicted molar refractivity (Wildman–Crippen MR) is 101 cm³/mol. The SMILES string of the molecule is Cc1ccc(C2C(c3ccc(O)cc3)=CC(=O)N2CCCn2ccnc2)o1. The fraction of sp³-hybridized carbons (Fsp3) is 0.238. The van der Waals surface area contributed by atoms with Crippen molar-refractivity contribution in [3.63, 3.8) is 0 Å². The van der Waals surface area contributed by atoms with E-state index in [1.165, 1.54) is 0 Å². The largest absolute Gasteiger partial charge is 0.508 e. The summed E-state index contributed by atoms with van der Waals surface area (Å²) in [4.78, 5) is 18.6. The van der Waals surface area contributed by atoms with E-state index in [0.29, 0.717) is 6.54 Å². The molecule has 0 saturated carbocycles. The number of amides is 1. The third-order valence-corrected chi connectivity index (χ3v) is 4.77. The number of imidazole rings is 1. The highest BCUT2D eigenvalue weighted by Crippen LogP contribution is 2.41. The van der Waals surface area contributed by atoms with Crippen molar-refractivity contribution in [2.45, 2.75) is 25.9 Å². The van der Waals surface area contributed by atoms with Crippen LogP contribution in [0.15, 0.2) is 65.6 Å². The van der Waals surface area contributed by atoms with Gasteiger partial charge < -0.3 is 19.0 Å². The number of furan rings is 1. The number of hydrogen-bond donors (Lipinski definition) is 1. The number of carbonyl (C=O) groups is 1. The second kappa shape index (κ2) is 7.15. The van der Waals surface area contributed by atoms with Crippen molar-refractivity contribution in [1.29, 1.82) is 0 Å². The second-order valence-electron chi connectivity index (χ2n) is 6.68. The van der Waals surface area contributed by atoms with Gasteiger partial charge in [0, 0.05) is 31.6 Å². The van der Waals surface area contributed by atoms with Crippen molar-refractivity contribution in [2.24, 2.45) is 0 Å². The number of carbonyl (C=O) groups excluding carboxylic acids is 1. The van der Waals surface area contributed by atoms with Crippen LogP contribution in [0, 0.1) is 6.92 Å². The van der Waals surface area contributed by atoms with Gasteiger partial charge in [0.2, 0.25) is 5.91 Å². The maximum absolute atomic E-state index is 12.7. The Morgan fingerprint density at radius 2 is 1.96 bits per heavy atom. The summed E-state index contributed by atoms with van der Waals surface area (Å²) in [6.07, 6.45) is 7.93. The molecule has 0 fully saturated rings. The number of aryl methyl sites for hydroxylation is 2. The molecule has 2 aromatic heterocycles. The lowest BCUT2D eigenvalue weighted by Crippen LogP contribution is -2.30. The van der Waals surface area contributed by atoms with Crippen LogP contribution in [0.3, 0.4) is 0 Å². The maximum atomic E-state index is 12.7. The Morgan fingerprint density at radius 3 is 2.63 bits per heavy atom. The van der Waals surface area contributed by atoms with Crippen LogP contribution in [-0.2, 0) is 11.3 Å². The second-order valence-corrected chi connectivity index (χ2v) is 6.68. The lowest BCUT2D eigenvalue weighted by atomic mass is 9.98. The zero-order valence-corrected chi connectivity index (χ0v) is 15.1. The first-order valence-corrected chi connectivity index (χ1v) is 8.95. The number of benzene rings is 1. The van der Waals surface area contributed by atoms with Crippen LogP contribution >= 0.6 is 0 Å². The van der Waals surface area contributed by atoms with Gasteiger partial charge in [-0.15, -0.1) is 0 Å². The average molecular weight is 363 g/mol. The molecule has 1 unspecified atom stereocenters. The number of aromatic hydroxyl groups is 1. The van der Waals surface area contributed by atoms with Crippen molar-refractivity contribution in [1.82, 2.24) is 14.5 Å². The lowest BCUT2D eigenvalue weighted by molar-refractivity contribution is -0.126. The molecule has 1 N–H and O–H groups in total. The van der Waals surface area contributed by atoms with Crippen molar-refractivity contribution in [3.8, 4) is 5.75 Å². The fourth-order valence-corrected chi connectivity index (χ4v) is 3.47. The first kappa shape index (κ1) is 17.1. The van der Waals surface area contributed by atoms with Crippen LogP contribution < -0.4 is 0 Å². The molecule has 138 valence electrons. The molecule has 1 aliphatic rings. The highest BCUT2D eigenvalue weighted by Gasteiger charge is 2.36. The van der Waals surface area contributed by atoms with Crippen LogP contribution in [0.25, 0.3) is 5.57 Å². The predicted octanol–water partition coefficient (Wildman–Crippen LogP) is 3.55. The standard InChI is InChI=1S/C21H21N3O3/c1-15-3-8-19(27-15)21-18(16-4-6-17(25)7-5-16)13-20(26)24(21)11-2-10-23-12-9-22-14-23/h3-9,12-14,21,25H,2,10-11H2,1H3. The molecule has 0 aliphatic carbocycles. The van der Waals surface area contributed by atoms with E-state index in [1.54, 1.807) is 30.7 Å². The van der Waals surface area contributed by atoms with Crippen LogP contribution in [0.1, 0.15) is 29.5 Å². The van der Waals surface area contributed by atoms with Gasteiger partial charge in [-0.3, -0.25) is 4.79 Å². The summed E-state index contributed by atoms with van der Waals surface area (Å²) in [5.41, 5.74) is 1.79. The molecule has 0 radical (unpaired) electrons. The number of hydrogen-bond acceptors (Lipinski definition) is 4. The van der Waals surface area contributed by atoms with E-state index < -0.39 is 0 Å². The van der Waals surface area contributed by atoms with Gasteiger partial charge in [-0.05, 0) is 48.7 Å². The average Bonchev–Trinajstić information content (AvgIpc) is 3.37. The normalized spacial score (nSPS) is 16.8. The molecule has 0 saturated heterocycles. The summed E-state index contributed by atoms with van der Waals surface area (Å²) in [6, 6.07) is 10.5. The molecule has 0 spiro atoms. The zero-order valence-electron chi connectivity index (χ0n) is 15.1. The smallest absolute Gasteiger partial charge is 0.247 e. The van der Waals surface area contributed by atoms with E-state index >= 15 is 0 Å². The maximum Gasteiger partial charge on any atom is 0.247 e. The number of nitrogens with zero attached hydrogens (tertiary/aromatic N) is 3. The van der Waals surface area contributed by atoms with Gasteiger partial charge in [-0.1, -0.05) is 12.1 Å². The van der Waals surface area contributed by atoms with E-state index in [-0.39, 0.29) is 17.7 Å². The Morgan fingerprint density at radius 1 is 1.15 bits per heavy atom. The molecule has 1 aromatic carbocycles. The summed E-state index contributed by atoms with van der Waals surface area (Å²) in [6.45, 7) is 3.30. The monoisotopic (exact) mass is 363 g/mol. The summed E-state index contributed by atoms with van der Waals surface area (Å²) in [7, 11) is 0. The minimum atomic E-state index is -0.265. The first-order valence-electron chi connectivity index (χ1n) is 8.95. The topological polar surface area (TPSA) is 71.5 Å². The first-order chi connectivity index (χ1) is 13.1. The molecular weight excluding hydrogens is 342 g/mol. The molecule has 27 heavy (non-hydrogen) atoms. The number of rotatable bonds is 6. The highest BCUT2D eigenvalue weighted by molar-refractivity contribution is 6.02. The van der Waals surface area contributed by atoms with Crippen LogP contribution in [0.4, 0.5) is 0 Å². The minimum absolute atomic E-state index is 0.0252. The molecule has 1 aliphatic heterocycles. The number of aromatic nitrogens is 2. The molecule has 6 heteroatoms. The van der Waals surface area contributed by atoms with Crippen molar-refractivity contribution in [2.75, 3.05) is 6.54 Å². The summed E-state index contributed by atoms with van der Waals surface area (Å²) < 4.78 is 7.88. The van der Waals surface area contributed by atoms with Gasteiger partial charge in [0.25, 0.3) is 0 Å². The number of phenols is 1. The Hall–Kier alpha value is -3.28. The molecule has 6 nitrogen and oxygen atoms in total. The quantitative estimate of drug-likeness (QED) is 0.727. The van der Waals surface area contributed by atoms with Crippen LogP contribution in [-0.4, -0.2) is 32.0 Å². The van der Waals surface area contributed by atoms with Gasteiger partial charge in [0.05, 0.1) is 6.33 Å². The highest BCUT2D eigenvalue weighted by atomic mass is 16.3. The van der Waals surface area contributed by atoms with Gasteiger partial charge in [0.15, 0.2) is 0 Å². The molecule has 3 heterocycles. The molecule has 1 amide bonds. The summed E-state index contributed by atoms with van der Waals surface area (Å²) >= 11 is 0. The summed E-state index contributed by atoms with van der Waals surface area (Å²) in [5.74, 6) is 1.74. The van der Waals surface area contributed by atoms with E-state index in [9.17, 15) is 9.90 Å². The van der Waals surface area contributed by atoms with Gasteiger partial charge in [-0.25, -0.2) is 4.98 Å². The van der Waals surface area contributed by atoms with Gasteiger partial charge in [-0.2, -0.15) is 0 Å². The van der Waals surface area contributed by atoms with Crippen LogP contribution in [0.2, 0.25) is 0 Å². The van der Waals surface area contributed by atoms with E-state index in [1.807, 2.05) is 46.9 Å². The Balaban J connectivity index is 1.60. The Labute approximate surface area is 157 Å². The Bertz CT molecular complexity index is 955. The molecule has 0 bridgehead atoms. The van der Waals surface area contributed by atoms with Crippen molar-refractivity contribution in [3.05, 3.63) is 78.3 Å². The lowest BCUT2D eigenvalue weighted by Gasteiger charge is -2.26. The third-order valence-electron chi connectivity index (χ3n) is 4.77. The van der Waals surface area contributed by atoms with E-state index in [0.717, 1.165) is 35.6 Å². The molecule has 3 aromatic rings. The van der Waals surface area contributed by atoms with E-state index in [2.05, 4.69) is 4.98 Å². The van der Waals surface area contributed by atoms with Gasteiger partial charge in [0.1, 0.15) is 23.3 Å². The molecule has 4 rings (SSSR count). The minimum Gasteiger partial charge on any atom is -0.508 e. The third kappa shape index (κ3) is 3.51. The number of phenolic OH excluding ortho intramolecular Hbond substituents is 1. The Kier molecular flexibility index (Phi) is 4.54. The van der Waals surface area contributed by atoms with E-state index in [4.69, 9.17) is 4.42 Å². The zero-order chi connectivity index (χ0) is 18.8. The summed E-state index contributed by atoms with van der Waals surface area (Å²) in [5, 5.41) is 9.57.